The van der Waals surface area contributed by atoms with Crippen molar-refractivity contribution < 1.29 is 4.79 Å². The minimum atomic E-state index is -0.161. The van der Waals surface area contributed by atoms with Crippen LogP contribution in [0.15, 0.2) is 30.5 Å². The van der Waals surface area contributed by atoms with Gasteiger partial charge < -0.3 is 5.32 Å². The van der Waals surface area contributed by atoms with Gasteiger partial charge in [0.15, 0.2) is 5.69 Å². The molecule has 1 amide bonds. The molecule has 1 aromatic heterocycles. The van der Waals surface area contributed by atoms with Crippen LogP contribution in [0, 0.1) is 0 Å². The fourth-order valence-corrected chi connectivity index (χ4v) is 4.00. The number of hydrogen-bond acceptors (Lipinski definition) is 4. The maximum atomic E-state index is 12.5. The molecule has 2 aliphatic rings. The molecule has 0 bridgehead atoms. The summed E-state index contributed by atoms with van der Waals surface area (Å²) in [6.07, 6.45) is 6.32. The van der Waals surface area contributed by atoms with E-state index < -0.39 is 0 Å². The number of para-hydroxylation sites is 1. The number of aromatic nitrogens is 3. The summed E-state index contributed by atoms with van der Waals surface area (Å²) in [5.74, 6) is -0.161. The van der Waals surface area contributed by atoms with Crippen LogP contribution in [-0.2, 0) is 0 Å². The number of nitrogens with zero attached hydrogens (tertiary/aromatic N) is 4. The Hall–Kier alpha value is -1.92. The summed E-state index contributed by atoms with van der Waals surface area (Å²) in [4.78, 5) is 15.0. The van der Waals surface area contributed by atoms with Crippen LogP contribution in [0.1, 0.15) is 36.2 Å². The molecule has 1 aromatic carbocycles. The van der Waals surface area contributed by atoms with Crippen LogP contribution in [0.2, 0.25) is 5.02 Å². The fourth-order valence-electron chi connectivity index (χ4n) is 3.78. The van der Waals surface area contributed by atoms with E-state index in [1.54, 1.807) is 16.9 Å². The first-order chi connectivity index (χ1) is 11.7. The number of amides is 1. The van der Waals surface area contributed by atoms with Gasteiger partial charge in [0.25, 0.3) is 5.91 Å². The van der Waals surface area contributed by atoms with Crippen molar-refractivity contribution in [2.75, 3.05) is 13.1 Å². The SMILES string of the molecule is O=C(N[C@@H]1CCN2CCCC[C@@H]12)c1cn(-c2ccccc2Cl)nn1. The quantitative estimate of drug-likeness (QED) is 0.927. The monoisotopic (exact) mass is 345 g/mol. The molecule has 2 aromatic rings. The third-order valence-electron chi connectivity index (χ3n) is 5.00. The summed E-state index contributed by atoms with van der Waals surface area (Å²) in [5, 5.41) is 11.8. The maximum Gasteiger partial charge on any atom is 0.273 e. The van der Waals surface area contributed by atoms with Gasteiger partial charge in [-0.2, -0.15) is 0 Å². The van der Waals surface area contributed by atoms with E-state index in [4.69, 9.17) is 11.6 Å². The highest BCUT2D eigenvalue weighted by atomic mass is 35.5. The molecule has 2 atom stereocenters. The molecule has 3 heterocycles. The van der Waals surface area contributed by atoms with Gasteiger partial charge in [-0.1, -0.05) is 35.4 Å². The van der Waals surface area contributed by atoms with Crippen LogP contribution in [-0.4, -0.2) is 51.0 Å². The first-order valence-corrected chi connectivity index (χ1v) is 8.82. The lowest BCUT2D eigenvalue weighted by atomic mass is 9.99. The Morgan fingerprint density at radius 2 is 2.08 bits per heavy atom. The lowest BCUT2D eigenvalue weighted by molar-refractivity contribution is 0.0910. The Labute approximate surface area is 145 Å². The van der Waals surface area contributed by atoms with Crippen LogP contribution in [0.25, 0.3) is 5.69 Å². The number of nitrogens with one attached hydrogen (secondary N) is 1. The summed E-state index contributed by atoms with van der Waals surface area (Å²) >= 11 is 6.17. The predicted molar refractivity (Wildman–Crippen MR) is 91.5 cm³/mol. The van der Waals surface area contributed by atoms with Crippen molar-refractivity contribution in [2.45, 2.75) is 37.8 Å². The average Bonchev–Trinajstić information content (AvgIpc) is 3.23. The highest BCUT2D eigenvalue weighted by molar-refractivity contribution is 6.32. The number of piperidine rings is 1. The number of benzene rings is 1. The first-order valence-electron chi connectivity index (χ1n) is 8.44. The summed E-state index contributed by atoms with van der Waals surface area (Å²) in [6, 6.07) is 8.04. The van der Waals surface area contributed by atoms with Crippen molar-refractivity contribution in [1.29, 1.82) is 0 Å². The van der Waals surface area contributed by atoms with Crippen molar-refractivity contribution in [3.05, 3.63) is 41.2 Å². The smallest absolute Gasteiger partial charge is 0.273 e. The summed E-state index contributed by atoms with van der Waals surface area (Å²) in [6.45, 7) is 2.22. The number of fused-ring (bicyclic) bond motifs is 1. The highest BCUT2D eigenvalue weighted by Crippen LogP contribution is 2.27. The molecule has 0 radical (unpaired) electrons. The van der Waals surface area contributed by atoms with E-state index >= 15 is 0 Å². The molecule has 6 nitrogen and oxygen atoms in total. The van der Waals surface area contributed by atoms with Crippen molar-refractivity contribution in [3.63, 3.8) is 0 Å². The van der Waals surface area contributed by atoms with E-state index in [2.05, 4.69) is 20.5 Å². The second-order valence-electron chi connectivity index (χ2n) is 6.47. The molecular weight excluding hydrogens is 326 g/mol. The Morgan fingerprint density at radius 1 is 1.21 bits per heavy atom. The van der Waals surface area contributed by atoms with Crippen LogP contribution in [0.4, 0.5) is 0 Å². The van der Waals surface area contributed by atoms with Crippen LogP contribution in [0.5, 0.6) is 0 Å². The lowest BCUT2D eigenvalue weighted by Gasteiger charge is -2.32. The van der Waals surface area contributed by atoms with Crippen molar-refractivity contribution in [3.8, 4) is 5.69 Å². The zero-order chi connectivity index (χ0) is 16.5. The van der Waals surface area contributed by atoms with E-state index in [9.17, 15) is 4.79 Å². The number of rotatable bonds is 3. The Kier molecular flexibility index (Phi) is 4.24. The Balaban J connectivity index is 1.47. The number of halogens is 1. The molecule has 0 spiro atoms. The van der Waals surface area contributed by atoms with Gasteiger partial charge in [0.1, 0.15) is 0 Å². The zero-order valence-electron chi connectivity index (χ0n) is 13.4. The van der Waals surface area contributed by atoms with E-state index in [1.165, 1.54) is 12.8 Å². The Morgan fingerprint density at radius 3 is 2.96 bits per heavy atom. The fraction of sp³-hybridized carbons (Fsp3) is 0.471. The lowest BCUT2D eigenvalue weighted by Crippen LogP contribution is -2.46. The molecular formula is C17H20ClN5O. The second kappa shape index (κ2) is 6.53. The van der Waals surface area contributed by atoms with E-state index in [0.717, 1.165) is 25.9 Å². The molecule has 2 aliphatic heterocycles. The van der Waals surface area contributed by atoms with Gasteiger partial charge >= 0.3 is 0 Å². The molecule has 0 aliphatic carbocycles. The topological polar surface area (TPSA) is 63.1 Å². The normalized spacial score (nSPS) is 23.9. The highest BCUT2D eigenvalue weighted by Gasteiger charge is 2.36. The molecule has 24 heavy (non-hydrogen) atoms. The molecule has 0 saturated carbocycles. The summed E-state index contributed by atoms with van der Waals surface area (Å²) < 4.78 is 1.54. The summed E-state index contributed by atoms with van der Waals surface area (Å²) in [7, 11) is 0. The molecule has 0 unspecified atom stereocenters. The molecule has 2 fully saturated rings. The van der Waals surface area contributed by atoms with Crippen molar-refractivity contribution in [2.24, 2.45) is 0 Å². The van der Waals surface area contributed by atoms with Gasteiger partial charge in [-0.15, -0.1) is 5.10 Å². The molecule has 2 saturated heterocycles. The average molecular weight is 346 g/mol. The molecule has 1 N–H and O–H groups in total. The molecule has 126 valence electrons. The molecule has 7 heteroatoms. The van der Waals surface area contributed by atoms with E-state index in [0.29, 0.717) is 22.4 Å². The number of hydrogen-bond donors (Lipinski definition) is 1. The van der Waals surface area contributed by atoms with Gasteiger partial charge in [-0.3, -0.25) is 9.69 Å². The van der Waals surface area contributed by atoms with Gasteiger partial charge in [0.05, 0.1) is 16.9 Å². The summed E-state index contributed by atoms with van der Waals surface area (Å²) in [5.41, 5.74) is 1.04. The van der Waals surface area contributed by atoms with Crippen molar-refractivity contribution >= 4 is 17.5 Å². The number of carbonyl (C=O) groups is 1. The molecule has 4 rings (SSSR count). The maximum absolute atomic E-state index is 12.5. The van der Waals surface area contributed by atoms with Gasteiger partial charge in [-0.25, -0.2) is 4.68 Å². The van der Waals surface area contributed by atoms with Crippen molar-refractivity contribution in [1.82, 2.24) is 25.2 Å². The minimum Gasteiger partial charge on any atom is -0.346 e. The van der Waals surface area contributed by atoms with Gasteiger partial charge in [0, 0.05) is 18.6 Å². The predicted octanol–water partition coefficient (Wildman–Crippen LogP) is 2.28. The third kappa shape index (κ3) is 2.91. The van der Waals surface area contributed by atoms with Crippen LogP contribution in [0.3, 0.4) is 0 Å². The first kappa shape index (κ1) is 15.6. The second-order valence-corrected chi connectivity index (χ2v) is 6.87. The number of carbonyl (C=O) groups excluding carboxylic acids is 1. The van der Waals surface area contributed by atoms with E-state index in [1.807, 2.05) is 18.2 Å². The van der Waals surface area contributed by atoms with Crippen LogP contribution >= 0.6 is 11.6 Å². The van der Waals surface area contributed by atoms with E-state index in [-0.39, 0.29) is 11.9 Å². The van der Waals surface area contributed by atoms with Crippen LogP contribution < -0.4 is 5.32 Å². The largest absolute Gasteiger partial charge is 0.346 e. The Bertz CT molecular complexity index is 746. The zero-order valence-corrected chi connectivity index (χ0v) is 14.1. The minimum absolute atomic E-state index is 0.161. The van der Waals surface area contributed by atoms with Gasteiger partial charge in [-0.05, 0) is 37.9 Å². The third-order valence-corrected chi connectivity index (χ3v) is 5.32. The van der Waals surface area contributed by atoms with Gasteiger partial charge in [0.2, 0.25) is 0 Å². The standard InChI is InChI=1S/C17H20ClN5O/c18-12-5-1-2-6-15(12)23-11-14(20-21-23)17(24)19-13-8-10-22-9-4-3-7-16(13)22/h1-2,5-6,11,13,16H,3-4,7-10H2,(H,19,24)/t13-,16+/m1/s1.